The predicted octanol–water partition coefficient (Wildman–Crippen LogP) is 4.23. The van der Waals surface area contributed by atoms with Crippen LogP contribution >= 0.6 is 0 Å². The number of hydrogen-bond donors (Lipinski definition) is 1. The van der Waals surface area contributed by atoms with Crippen LogP contribution in [0.15, 0.2) is 6.33 Å². The van der Waals surface area contributed by atoms with E-state index in [1.165, 1.54) is 25.3 Å². The summed E-state index contributed by atoms with van der Waals surface area (Å²) in [5.74, 6) is 1.90. The first kappa shape index (κ1) is 18.3. The van der Waals surface area contributed by atoms with Crippen molar-refractivity contribution in [1.82, 2.24) is 19.5 Å². The molecule has 6 nitrogen and oxygen atoms in total. The van der Waals surface area contributed by atoms with Crippen LogP contribution in [0.4, 0.5) is 5.82 Å². The van der Waals surface area contributed by atoms with Gasteiger partial charge in [0.25, 0.3) is 0 Å². The van der Waals surface area contributed by atoms with E-state index in [9.17, 15) is 0 Å². The monoisotopic (exact) mass is 361 g/mol. The summed E-state index contributed by atoms with van der Waals surface area (Å²) in [4.78, 5) is 13.6. The Morgan fingerprint density at radius 1 is 1.28 bits per heavy atom. The zero-order valence-corrected chi connectivity index (χ0v) is 17.0. The number of unbranched alkanes of at least 4 members (excludes halogenated alkanes) is 1. The second kappa shape index (κ2) is 7.82. The van der Waals surface area contributed by atoms with Crippen molar-refractivity contribution in [3.05, 3.63) is 12.2 Å². The Labute approximate surface area is 151 Å². The summed E-state index contributed by atoms with van der Waals surface area (Å²) in [6.45, 7) is 11.6. The highest BCUT2D eigenvalue weighted by atomic mass is 28.3. The summed E-state index contributed by atoms with van der Waals surface area (Å²) < 4.78 is 8.28. The number of hydrogen-bond acceptors (Lipinski definition) is 5. The van der Waals surface area contributed by atoms with Crippen molar-refractivity contribution >= 4 is 25.1 Å². The molecule has 0 aliphatic heterocycles. The van der Waals surface area contributed by atoms with Crippen molar-refractivity contribution in [3.63, 3.8) is 0 Å². The first-order valence-electron chi connectivity index (χ1n) is 9.53. The van der Waals surface area contributed by atoms with Crippen LogP contribution in [0.25, 0.3) is 11.2 Å². The van der Waals surface area contributed by atoms with Crippen molar-refractivity contribution in [2.75, 3.05) is 18.5 Å². The molecule has 1 N–H and O–H groups in total. The zero-order valence-electron chi connectivity index (χ0n) is 16.0. The van der Waals surface area contributed by atoms with Crippen molar-refractivity contribution < 1.29 is 4.74 Å². The minimum absolute atomic E-state index is 0.526. The van der Waals surface area contributed by atoms with Gasteiger partial charge in [-0.3, -0.25) is 0 Å². The topological polar surface area (TPSA) is 64.9 Å². The van der Waals surface area contributed by atoms with Crippen LogP contribution in [0.1, 0.15) is 44.5 Å². The van der Waals surface area contributed by atoms with Gasteiger partial charge in [0, 0.05) is 27.3 Å². The Morgan fingerprint density at radius 3 is 2.76 bits per heavy atom. The lowest BCUT2D eigenvalue weighted by atomic mass is 10.3. The van der Waals surface area contributed by atoms with E-state index in [-0.39, 0.29) is 0 Å². The molecule has 0 aromatic carbocycles. The number of rotatable bonds is 10. The SMILES string of the molecule is CCCCNc1ncnc2nc(COCC[Si](C)(C)C)n(C3CC3)c12. The number of aromatic nitrogens is 4. The molecule has 0 saturated heterocycles. The molecule has 138 valence electrons. The average molecular weight is 362 g/mol. The predicted molar refractivity (Wildman–Crippen MR) is 105 cm³/mol. The molecule has 0 amide bonds. The Morgan fingerprint density at radius 2 is 2.08 bits per heavy atom. The fourth-order valence-electron chi connectivity index (χ4n) is 2.86. The van der Waals surface area contributed by atoms with Gasteiger partial charge >= 0.3 is 0 Å². The smallest absolute Gasteiger partial charge is 0.183 e. The van der Waals surface area contributed by atoms with Gasteiger partial charge < -0.3 is 14.6 Å². The summed E-state index contributed by atoms with van der Waals surface area (Å²) in [6.07, 6.45) is 6.32. The maximum absolute atomic E-state index is 5.97. The van der Waals surface area contributed by atoms with Gasteiger partial charge in [0.1, 0.15) is 24.3 Å². The normalized spacial score (nSPS) is 15.0. The molecule has 1 aliphatic carbocycles. The third-order valence-corrected chi connectivity index (χ3v) is 6.22. The maximum atomic E-state index is 5.97. The van der Waals surface area contributed by atoms with Gasteiger partial charge in [-0.05, 0) is 25.3 Å². The molecule has 2 heterocycles. The number of imidazole rings is 1. The first-order valence-corrected chi connectivity index (χ1v) is 13.2. The number of nitrogens with zero attached hydrogens (tertiary/aromatic N) is 4. The molecular weight excluding hydrogens is 330 g/mol. The molecule has 1 saturated carbocycles. The molecular formula is C18H31N5OSi. The number of nitrogens with one attached hydrogen (secondary N) is 1. The molecule has 7 heteroatoms. The summed E-state index contributed by atoms with van der Waals surface area (Å²) in [5.41, 5.74) is 1.83. The lowest BCUT2D eigenvalue weighted by Crippen LogP contribution is -2.21. The molecule has 0 unspecified atom stereocenters. The van der Waals surface area contributed by atoms with Gasteiger partial charge in [0.2, 0.25) is 0 Å². The average Bonchev–Trinajstić information content (AvgIpc) is 3.32. The Bertz CT molecular complexity index is 705. The summed E-state index contributed by atoms with van der Waals surface area (Å²) >= 11 is 0. The van der Waals surface area contributed by atoms with E-state index in [4.69, 9.17) is 9.72 Å². The Balaban J connectivity index is 1.79. The van der Waals surface area contributed by atoms with Crippen LogP contribution in [-0.4, -0.2) is 40.7 Å². The fourth-order valence-corrected chi connectivity index (χ4v) is 3.62. The summed E-state index contributed by atoms with van der Waals surface area (Å²) in [6, 6.07) is 1.71. The molecule has 3 rings (SSSR count). The van der Waals surface area contributed by atoms with Crippen LogP contribution < -0.4 is 5.32 Å². The highest BCUT2D eigenvalue weighted by molar-refractivity contribution is 6.76. The summed E-state index contributed by atoms with van der Waals surface area (Å²) in [5, 5.41) is 3.46. The molecule has 0 radical (unpaired) electrons. The number of ether oxygens (including phenoxy) is 1. The lowest BCUT2D eigenvalue weighted by Gasteiger charge is -2.15. The minimum atomic E-state index is -1.06. The Kier molecular flexibility index (Phi) is 5.73. The van der Waals surface area contributed by atoms with E-state index in [0.717, 1.165) is 42.4 Å². The third-order valence-electron chi connectivity index (χ3n) is 4.52. The third kappa shape index (κ3) is 4.79. The molecule has 2 aromatic heterocycles. The number of anilines is 1. The molecule has 2 aromatic rings. The molecule has 1 fully saturated rings. The van der Waals surface area contributed by atoms with Gasteiger partial charge in [-0.25, -0.2) is 15.0 Å². The van der Waals surface area contributed by atoms with Crippen molar-refractivity contribution in [1.29, 1.82) is 0 Å². The van der Waals surface area contributed by atoms with Gasteiger partial charge in [-0.15, -0.1) is 0 Å². The molecule has 1 aliphatic rings. The van der Waals surface area contributed by atoms with Crippen molar-refractivity contribution in [2.45, 2.75) is 70.9 Å². The van der Waals surface area contributed by atoms with Crippen LogP contribution in [-0.2, 0) is 11.3 Å². The lowest BCUT2D eigenvalue weighted by molar-refractivity contribution is 0.125. The first-order chi connectivity index (χ1) is 12.0. The zero-order chi connectivity index (χ0) is 17.9. The molecule has 25 heavy (non-hydrogen) atoms. The van der Waals surface area contributed by atoms with E-state index in [0.29, 0.717) is 12.6 Å². The van der Waals surface area contributed by atoms with E-state index in [2.05, 4.69) is 46.4 Å². The fraction of sp³-hybridized carbons (Fsp3) is 0.722. The second-order valence-corrected chi connectivity index (χ2v) is 13.8. The van der Waals surface area contributed by atoms with Gasteiger partial charge in [0.15, 0.2) is 11.5 Å². The minimum Gasteiger partial charge on any atom is -0.374 e. The highest BCUT2D eigenvalue weighted by Crippen LogP contribution is 2.40. The molecule has 0 bridgehead atoms. The highest BCUT2D eigenvalue weighted by Gasteiger charge is 2.30. The van der Waals surface area contributed by atoms with Crippen molar-refractivity contribution in [2.24, 2.45) is 0 Å². The largest absolute Gasteiger partial charge is 0.374 e. The summed E-state index contributed by atoms with van der Waals surface area (Å²) in [7, 11) is -1.06. The number of fused-ring (bicyclic) bond motifs is 1. The van der Waals surface area contributed by atoms with E-state index in [1.54, 1.807) is 6.33 Å². The Hall–Kier alpha value is -1.47. The standard InChI is InChI=1S/C18H31N5OSi/c1-5-6-9-19-17-16-18(21-13-20-17)22-15(23(16)14-7-8-14)12-24-10-11-25(2,3)4/h13-14H,5-12H2,1-4H3,(H,19,20,21). The van der Waals surface area contributed by atoms with Crippen LogP contribution in [0.3, 0.4) is 0 Å². The van der Waals surface area contributed by atoms with E-state index < -0.39 is 8.07 Å². The quantitative estimate of drug-likeness (QED) is 0.507. The van der Waals surface area contributed by atoms with E-state index >= 15 is 0 Å². The van der Waals surface area contributed by atoms with Gasteiger partial charge in [-0.1, -0.05) is 33.0 Å². The second-order valence-electron chi connectivity index (χ2n) is 8.17. The van der Waals surface area contributed by atoms with Crippen LogP contribution in [0.5, 0.6) is 0 Å². The maximum Gasteiger partial charge on any atom is 0.183 e. The van der Waals surface area contributed by atoms with E-state index in [1.807, 2.05) is 0 Å². The molecule has 0 spiro atoms. The molecule has 0 atom stereocenters. The van der Waals surface area contributed by atoms with Crippen molar-refractivity contribution in [3.8, 4) is 0 Å². The van der Waals surface area contributed by atoms with Gasteiger partial charge in [-0.2, -0.15) is 0 Å². The van der Waals surface area contributed by atoms with Crippen LogP contribution in [0, 0.1) is 0 Å². The van der Waals surface area contributed by atoms with Gasteiger partial charge in [0.05, 0.1) is 0 Å². The van der Waals surface area contributed by atoms with Crippen LogP contribution in [0.2, 0.25) is 25.7 Å².